The minimum absolute atomic E-state index is 0. The maximum Gasteiger partial charge on any atom is 0.374 e. The van der Waals surface area contributed by atoms with Gasteiger partial charge in [0.15, 0.2) is 0 Å². The van der Waals surface area contributed by atoms with Crippen LogP contribution in [0.2, 0.25) is 0 Å². The second-order valence-corrected chi connectivity index (χ2v) is 3.58. The van der Waals surface area contributed by atoms with Crippen molar-refractivity contribution in [3.8, 4) is 6.07 Å². The van der Waals surface area contributed by atoms with E-state index in [0.29, 0.717) is 16.8 Å². The second-order valence-electron chi connectivity index (χ2n) is 3.58. The zero-order valence-electron chi connectivity index (χ0n) is 10.6. The molecule has 0 atom stereocenters. The lowest BCUT2D eigenvalue weighted by molar-refractivity contribution is 0.0565. The van der Waals surface area contributed by atoms with E-state index < -0.39 is 5.97 Å². The van der Waals surface area contributed by atoms with Crippen LogP contribution in [0.15, 0.2) is 41.1 Å². The molecule has 0 N–H and O–H groups in total. The third kappa shape index (κ3) is 3.25. The lowest BCUT2D eigenvalue weighted by Gasteiger charge is -1.98. The molecule has 0 aromatic carbocycles. The Labute approximate surface area is 121 Å². The first-order valence-corrected chi connectivity index (χ1v) is 5.45. The molecule has 0 aliphatic rings. The summed E-state index contributed by atoms with van der Waals surface area (Å²) in [6, 6.07) is 8.89. The predicted molar refractivity (Wildman–Crippen MR) is 75.0 cm³/mol. The van der Waals surface area contributed by atoms with Crippen LogP contribution in [-0.2, 0) is 4.74 Å². The van der Waals surface area contributed by atoms with Gasteiger partial charge in [0.25, 0.3) is 0 Å². The molecule has 0 fully saturated rings. The minimum atomic E-state index is -0.588. The number of rotatable bonds is 3. The number of carbonyl (C=O) groups is 1. The quantitative estimate of drug-likeness (QED) is 0.641. The Morgan fingerprint density at radius 2 is 2.25 bits per heavy atom. The molecule has 0 unspecified atom stereocenters. The van der Waals surface area contributed by atoms with E-state index in [4.69, 9.17) is 9.68 Å². The van der Waals surface area contributed by atoms with Crippen LogP contribution in [0.1, 0.15) is 21.8 Å². The van der Waals surface area contributed by atoms with Crippen LogP contribution >= 0.6 is 12.4 Å². The van der Waals surface area contributed by atoms with Gasteiger partial charge in [-0.05, 0) is 24.3 Å². The van der Waals surface area contributed by atoms with E-state index in [9.17, 15) is 4.79 Å². The van der Waals surface area contributed by atoms with Gasteiger partial charge in [-0.15, -0.1) is 12.4 Å². The van der Waals surface area contributed by atoms with Gasteiger partial charge in [-0.25, -0.2) is 4.79 Å². The van der Waals surface area contributed by atoms with Crippen LogP contribution in [0.3, 0.4) is 0 Å². The summed E-state index contributed by atoms with van der Waals surface area (Å²) in [7, 11) is 1.27. The molecule has 2 aromatic heterocycles. The third-order valence-electron chi connectivity index (χ3n) is 2.43. The van der Waals surface area contributed by atoms with Gasteiger partial charge < -0.3 is 9.15 Å². The van der Waals surface area contributed by atoms with Crippen molar-refractivity contribution >= 4 is 30.0 Å². The van der Waals surface area contributed by atoms with E-state index in [2.05, 4.69) is 9.72 Å². The number of pyridine rings is 1. The molecule has 0 amide bonds. The number of carbonyl (C=O) groups excluding carboxylic acids is 1. The van der Waals surface area contributed by atoms with Gasteiger partial charge in [0.05, 0.1) is 24.6 Å². The number of allylic oxidation sites excluding steroid dienone is 1. The van der Waals surface area contributed by atoms with Crippen molar-refractivity contribution in [1.82, 2.24) is 4.98 Å². The van der Waals surface area contributed by atoms with Crippen LogP contribution in [0, 0.1) is 11.3 Å². The Bertz CT molecular complexity index is 657. The first kappa shape index (κ1) is 15.5. The Balaban J connectivity index is 0.00000200. The number of hydrogen-bond donors (Lipinski definition) is 0. The fourth-order valence-electron chi connectivity index (χ4n) is 1.53. The van der Waals surface area contributed by atoms with E-state index >= 15 is 0 Å². The number of methoxy groups -OCH3 is 1. The second kappa shape index (κ2) is 7.12. The van der Waals surface area contributed by atoms with Crippen LogP contribution < -0.4 is 0 Å². The molecule has 2 rings (SSSR count). The summed E-state index contributed by atoms with van der Waals surface area (Å²) >= 11 is 0. The molecule has 2 heterocycles. The fourth-order valence-corrected chi connectivity index (χ4v) is 1.53. The molecule has 0 saturated heterocycles. The number of ether oxygens (including phenoxy) is 1. The molecule has 0 spiro atoms. The van der Waals surface area contributed by atoms with E-state index in [1.807, 2.05) is 6.07 Å². The Morgan fingerprint density at radius 3 is 2.85 bits per heavy atom. The number of halogens is 1. The molecular weight excluding hydrogens is 280 g/mol. The molecule has 0 aliphatic carbocycles. The number of hydrogen-bond acceptors (Lipinski definition) is 5. The predicted octanol–water partition coefficient (Wildman–Crippen LogP) is 2.95. The maximum atomic E-state index is 11.5. The van der Waals surface area contributed by atoms with E-state index in [1.54, 1.807) is 30.5 Å². The highest BCUT2D eigenvalue weighted by Gasteiger charge is 2.15. The summed E-state index contributed by atoms with van der Waals surface area (Å²) < 4.78 is 9.65. The van der Waals surface area contributed by atoms with Crippen molar-refractivity contribution in [2.24, 2.45) is 0 Å². The van der Waals surface area contributed by atoms with E-state index in [-0.39, 0.29) is 18.2 Å². The van der Waals surface area contributed by atoms with Gasteiger partial charge in [-0.2, -0.15) is 5.26 Å². The van der Waals surface area contributed by atoms with Crippen molar-refractivity contribution < 1.29 is 13.9 Å². The van der Waals surface area contributed by atoms with Crippen LogP contribution in [0.5, 0.6) is 0 Å². The summed E-state index contributed by atoms with van der Waals surface area (Å²) in [5.41, 5.74) is 1.35. The number of aromatic nitrogens is 1. The molecule has 20 heavy (non-hydrogen) atoms. The van der Waals surface area contributed by atoms with Gasteiger partial charge in [-0.3, -0.25) is 4.98 Å². The highest BCUT2D eigenvalue weighted by Crippen LogP contribution is 2.19. The third-order valence-corrected chi connectivity index (χ3v) is 2.43. The normalized spacial score (nSPS) is 10.3. The van der Waals surface area contributed by atoms with Gasteiger partial charge in [-0.1, -0.05) is 6.07 Å². The highest BCUT2D eigenvalue weighted by atomic mass is 35.5. The van der Waals surface area contributed by atoms with Crippen LogP contribution in [0.25, 0.3) is 11.6 Å². The summed E-state index contributed by atoms with van der Waals surface area (Å²) in [4.78, 5) is 15.5. The van der Waals surface area contributed by atoms with Crippen LogP contribution in [-0.4, -0.2) is 18.1 Å². The molecule has 102 valence electrons. The van der Waals surface area contributed by atoms with Crippen LogP contribution in [0.4, 0.5) is 0 Å². The topological polar surface area (TPSA) is 76.1 Å². The number of nitriles is 1. The molecule has 0 saturated carbocycles. The summed E-state index contributed by atoms with van der Waals surface area (Å²) in [6.45, 7) is 0. The first-order valence-electron chi connectivity index (χ1n) is 5.45. The largest absolute Gasteiger partial charge is 0.463 e. The first-order chi connectivity index (χ1) is 9.26. The smallest absolute Gasteiger partial charge is 0.374 e. The zero-order valence-corrected chi connectivity index (χ0v) is 11.4. The fraction of sp³-hybridized carbons (Fsp3) is 0.0714. The van der Waals surface area contributed by atoms with E-state index in [1.165, 1.54) is 19.4 Å². The zero-order chi connectivity index (χ0) is 13.7. The van der Waals surface area contributed by atoms with Gasteiger partial charge in [0.1, 0.15) is 6.07 Å². The molecule has 5 nitrogen and oxygen atoms in total. The van der Waals surface area contributed by atoms with Gasteiger partial charge in [0, 0.05) is 11.8 Å². The summed E-state index contributed by atoms with van der Waals surface area (Å²) in [5.74, 6) is -0.527. The standard InChI is InChI=1S/C14H10N2O3.ClH/c1-18-14(17)13-10(5-7-19-13)8-11(9-15)12-4-2-3-6-16-12;/h2-8H,1H3;1H/b11-8+;. The van der Waals surface area contributed by atoms with Crippen molar-refractivity contribution in [2.75, 3.05) is 7.11 Å². The molecule has 0 aliphatic heterocycles. The van der Waals surface area contributed by atoms with Crippen molar-refractivity contribution in [3.63, 3.8) is 0 Å². The Kier molecular flexibility index (Phi) is 5.51. The van der Waals surface area contributed by atoms with Crippen molar-refractivity contribution in [2.45, 2.75) is 0 Å². The minimum Gasteiger partial charge on any atom is -0.463 e. The lowest BCUT2D eigenvalue weighted by atomic mass is 10.1. The molecular formula is C14H11ClN2O3. The average Bonchev–Trinajstić information content (AvgIpc) is 2.93. The average molecular weight is 291 g/mol. The number of esters is 1. The number of furan rings is 1. The SMILES string of the molecule is COC(=O)c1occc1/C=C(\C#N)c1ccccn1.Cl. The van der Waals surface area contributed by atoms with E-state index in [0.717, 1.165) is 0 Å². The Morgan fingerprint density at radius 1 is 1.45 bits per heavy atom. The Hall–Kier alpha value is -2.58. The van der Waals surface area contributed by atoms with Gasteiger partial charge >= 0.3 is 5.97 Å². The van der Waals surface area contributed by atoms with Gasteiger partial charge in [0.2, 0.25) is 5.76 Å². The highest BCUT2D eigenvalue weighted by molar-refractivity contribution is 5.96. The molecule has 0 bridgehead atoms. The monoisotopic (exact) mass is 290 g/mol. The van der Waals surface area contributed by atoms with Crippen molar-refractivity contribution in [3.05, 3.63) is 53.7 Å². The summed E-state index contributed by atoms with van der Waals surface area (Å²) in [5, 5.41) is 9.16. The summed E-state index contributed by atoms with van der Waals surface area (Å²) in [6.07, 6.45) is 4.50. The molecule has 2 aromatic rings. The molecule has 6 heteroatoms. The van der Waals surface area contributed by atoms with Crippen molar-refractivity contribution in [1.29, 1.82) is 5.26 Å². The number of nitrogens with zero attached hydrogens (tertiary/aromatic N) is 2. The lowest BCUT2D eigenvalue weighted by Crippen LogP contribution is -2.01. The maximum absolute atomic E-state index is 11.5. The molecule has 0 radical (unpaired) electrons.